The maximum absolute atomic E-state index is 4.44. The van der Waals surface area contributed by atoms with Crippen molar-refractivity contribution in [2.45, 2.75) is 242 Å². The van der Waals surface area contributed by atoms with E-state index in [-0.39, 0.29) is 0 Å². The number of para-hydroxylation sites is 1. The molecule has 0 N–H and O–H groups in total. The highest BCUT2D eigenvalue weighted by Gasteiger charge is 2.00. The van der Waals surface area contributed by atoms with E-state index in [0.29, 0.717) is 0 Å². The quantitative estimate of drug-likeness (QED) is 0.140. The van der Waals surface area contributed by atoms with Crippen LogP contribution in [0.5, 0.6) is 0 Å². The number of pyridine rings is 5. The zero-order chi connectivity index (χ0) is 75.9. The fourth-order valence-corrected chi connectivity index (χ4v) is 7.18. The molecule has 97 heavy (non-hydrogen) atoms. The van der Waals surface area contributed by atoms with E-state index in [9.17, 15) is 0 Å². The summed E-state index contributed by atoms with van der Waals surface area (Å²) in [6, 6.07) is 30.9. The predicted molar refractivity (Wildman–Crippen MR) is 423 cm³/mol. The summed E-state index contributed by atoms with van der Waals surface area (Å²) < 4.78 is 0. The largest absolute Gasteiger partial charge is 0.264 e. The van der Waals surface area contributed by atoms with Gasteiger partial charge in [0.05, 0.1) is 33.8 Å². The van der Waals surface area contributed by atoms with Crippen LogP contribution >= 0.6 is 0 Å². The standard InChI is InChI=1S/2C11H11N.3C7H9N.C6H9N3.3C6H8N2.8C2H6/c1-8-5-6-9(2)11-10(8)4-3-7-12-11;1-8-7-9(2)12-11-6-4-3-5-10(8)11;1-6-3-7(2)5-8-4-6;1-6-3-4-7(2)8-5-6;1-6-4-3-5-7(2)8-6;1-4-7-5(2)9-6(3)8-4;1-5-3-8-6(2)4-7-5;1-5-3-7-4-6(2)8-5;1-5-3-7-6(2)8-4-5;8*1-2/h2*3-7H,1-2H3;3*3-5H,1-2H3;1-3H3;3*3-4H,1-2H3;8*1-2H3. The molecule has 0 unspecified atom stereocenters. The van der Waals surface area contributed by atoms with Gasteiger partial charge in [0.15, 0.2) is 0 Å². The maximum atomic E-state index is 4.44. The summed E-state index contributed by atoms with van der Waals surface area (Å²) in [6.07, 6.45) is 18.0. The van der Waals surface area contributed by atoms with E-state index in [1.165, 1.54) is 44.2 Å². The Labute approximate surface area is 591 Å². The fourth-order valence-electron chi connectivity index (χ4n) is 7.18. The summed E-state index contributed by atoms with van der Waals surface area (Å²) in [5, 5.41) is 2.51. The minimum absolute atomic E-state index is 0.792. The van der Waals surface area contributed by atoms with E-state index in [1.807, 2.05) is 301 Å². The number of nitrogens with zero attached hydrogens (tertiary/aromatic N) is 14. The zero-order valence-electron chi connectivity index (χ0n) is 67.2. The average molecular weight is 1320 g/mol. The lowest BCUT2D eigenvalue weighted by molar-refractivity contribution is 0.875. The van der Waals surface area contributed by atoms with E-state index in [0.717, 1.165) is 85.4 Å². The Bertz CT molecular complexity index is 3180. The first-order valence-electron chi connectivity index (χ1n) is 34.7. The molecule has 0 bridgehead atoms. The molecule has 532 valence electrons. The molecular formula is C83H130N14. The second-order valence-corrected chi connectivity index (χ2v) is 19.5. The summed E-state index contributed by atoms with van der Waals surface area (Å²) in [4.78, 5) is 57.1. The summed E-state index contributed by atoms with van der Waals surface area (Å²) in [5.74, 6) is 3.20. The van der Waals surface area contributed by atoms with Crippen LogP contribution in [0, 0.1) is 132 Å². The Morgan fingerprint density at radius 2 is 0.629 bits per heavy atom. The number of hydrogen-bond acceptors (Lipinski definition) is 14. The SMILES string of the molecule is CC.CC.CC.CC.CC.CC.CC.CC.Cc1cc(C)c2ccccc2n1.Cc1ccc(C)c2ncccc12.Cc1ccc(C)nc1.Cc1cccc(C)n1.Cc1cnc(C)cn1.Cc1cnc(C)nc1.Cc1cncc(C)c1.Cc1cncc(C)n1.Cc1nc(C)nc(C)n1. The lowest BCUT2D eigenvalue weighted by Gasteiger charge is -2.02. The minimum Gasteiger partial charge on any atom is -0.264 e. The molecule has 11 rings (SSSR count). The molecule has 14 heteroatoms. The fraction of sp³-hybridized carbons (Fsp3) is 0.422. The van der Waals surface area contributed by atoms with Gasteiger partial charge in [-0.25, -0.2) is 24.9 Å². The third-order valence-electron chi connectivity index (χ3n) is 11.0. The molecule has 11 aromatic rings. The molecule has 0 saturated heterocycles. The Balaban J connectivity index is -0.000000235. The van der Waals surface area contributed by atoms with Crippen LogP contribution < -0.4 is 0 Å². The molecule has 0 fully saturated rings. The van der Waals surface area contributed by atoms with E-state index < -0.39 is 0 Å². The van der Waals surface area contributed by atoms with E-state index >= 15 is 0 Å². The molecule has 0 atom stereocenters. The number of hydrogen-bond donors (Lipinski definition) is 0. The summed E-state index contributed by atoms with van der Waals surface area (Å²) in [7, 11) is 0. The van der Waals surface area contributed by atoms with E-state index in [1.54, 1.807) is 24.8 Å². The van der Waals surface area contributed by atoms with Gasteiger partial charge in [-0.1, -0.05) is 165 Å². The first-order valence-corrected chi connectivity index (χ1v) is 34.7. The minimum atomic E-state index is 0.792. The normalized spacial score (nSPS) is 8.57. The van der Waals surface area contributed by atoms with Crippen molar-refractivity contribution in [2.24, 2.45) is 0 Å². The smallest absolute Gasteiger partial charge is 0.129 e. The van der Waals surface area contributed by atoms with Crippen LogP contribution in [0.1, 0.15) is 219 Å². The highest BCUT2D eigenvalue weighted by Crippen LogP contribution is 2.19. The van der Waals surface area contributed by atoms with Crippen LogP contribution in [0.15, 0.2) is 153 Å². The Morgan fingerprint density at radius 3 is 0.990 bits per heavy atom. The molecule has 0 radical (unpaired) electrons. The predicted octanol–water partition coefficient (Wildman–Crippen LogP) is 23.1. The molecule has 0 aliphatic rings. The molecule has 0 spiro atoms. The molecule has 2 aromatic carbocycles. The molecule has 14 nitrogen and oxygen atoms in total. The van der Waals surface area contributed by atoms with Crippen LogP contribution in [0.25, 0.3) is 21.8 Å². The van der Waals surface area contributed by atoms with Crippen molar-refractivity contribution < 1.29 is 0 Å². The third-order valence-corrected chi connectivity index (χ3v) is 11.0. The molecule has 0 saturated carbocycles. The lowest BCUT2D eigenvalue weighted by atomic mass is 10.1. The van der Waals surface area contributed by atoms with Crippen molar-refractivity contribution in [2.75, 3.05) is 0 Å². The van der Waals surface area contributed by atoms with Gasteiger partial charge < -0.3 is 0 Å². The second-order valence-electron chi connectivity index (χ2n) is 19.5. The van der Waals surface area contributed by atoms with Crippen LogP contribution in [-0.2, 0) is 0 Å². The van der Waals surface area contributed by atoms with Crippen molar-refractivity contribution in [1.29, 1.82) is 0 Å². The van der Waals surface area contributed by atoms with Crippen molar-refractivity contribution >= 4 is 21.8 Å². The van der Waals surface area contributed by atoms with Gasteiger partial charge in [0.1, 0.15) is 23.3 Å². The van der Waals surface area contributed by atoms with Crippen molar-refractivity contribution in [1.82, 2.24) is 69.8 Å². The zero-order valence-corrected chi connectivity index (χ0v) is 67.2. The van der Waals surface area contributed by atoms with Gasteiger partial charge in [-0.2, -0.15) is 0 Å². The van der Waals surface area contributed by atoms with E-state index in [4.69, 9.17) is 0 Å². The molecular weight excluding hydrogens is 1190 g/mol. The molecule has 0 aliphatic carbocycles. The van der Waals surface area contributed by atoms with Crippen LogP contribution in [0.4, 0.5) is 0 Å². The van der Waals surface area contributed by atoms with Crippen molar-refractivity contribution in [3.8, 4) is 0 Å². The van der Waals surface area contributed by atoms with Crippen LogP contribution in [0.2, 0.25) is 0 Å². The van der Waals surface area contributed by atoms with Crippen LogP contribution in [-0.4, -0.2) is 69.8 Å². The first-order chi connectivity index (χ1) is 46.5. The first kappa shape index (κ1) is 99.0. The average Bonchev–Trinajstić information content (AvgIpc) is 0.846. The number of benzene rings is 2. The Morgan fingerprint density at radius 1 is 0.216 bits per heavy atom. The van der Waals surface area contributed by atoms with Gasteiger partial charge in [-0.05, 0) is 207 Å². The topological polar surface area (TPSA) is 180 Å². The molecule has 9 heterocycles. The summed E-state index contributed by atoms with van der Waals surface area (Å²) >= 11 is 0. The highest BCUT2D eigenvalue weighted by atomic mass is 15.0. The second kappa shape index (κ2) is 65.6. The van der Waals surface area contributed by atoms with Crippen LogP contribution in [0.3, 0.4) is 0 Å². The Hall–Kier alpha value is -9.04. The van der Waals surface area contributed by atoms with Gasteiger partial charge in [0.2, 0.25) is 0 Å². The van der Waals surface area contributed by atoms with Crippen molar-refractivity contribution in [3.05, 3.63) is 261 Å². The monoisotopic (exact) mass is 1320 g/mol. The number of rotatable bonds is 0. The van der Waals surface area contributed by atoms with Gasteiger partial charge in [-0.15, -0.1) is 0 Å². The number of aromatic nitrogens is 14. The molecule has 0 aliphatic heterocycles. The van der Waals surface area contributed by atoms with Gasteiger partial charge in [-0.3, -0.25) is 44.9 Å². The summed E-state index contributed by atoms with van der Waals surface area (Å²) in [6.45, 7) is 69.6. The van der Waals surface area contributed by atoms with Gasteiger partial charge in [0, 0.05) is 95.5 Å². The highest BCUT2D eigenvalue weighted by molar-refractivity contribution is 5.84. The number of fused-ring (bicyclic) bond motifs is 2. The Kier molecular flexibility index (Phi) is 67.0. The van der Waals surface area contributed by atoms with Gasteiger partial charge >= 0.3 is 0 Å². The summed E-state index contributed by atoms with van der Waals surface area (Å²) in [5.41, 5.74) is 19.1. The lowest BCUT2D eigenvalue weighted by Crippen LogP contribution is -1.97. The van der Waals surface area contributed by atoms with E-state index in [2.05, 4.69) is 139 Å². The van der Waals surface area contributed by atoms with Gasteiger partial charge in [0.25, 0.3) is 0 Å². The molecule has 9 aromatic heterocycles. The maximum Gasteiger partial charge on any atom is 0.129 e. The van der Waals surface area contributed by atoms with Crippen molar-refractivity contribution in [3.63, 3.8) is 0 Å². The number of aryl methyl sites for hydroxylation is 19. The third kappa shape index (κ3) is 51.9. The molecule has 0 amide bonds.